The van der Waals surface area contributed by atoms with E-state index in [4.69, 9.17) is 4.74 Å². The zero-order valence-corrected chi connectivity index (χ0v) is 25.7. The number of esters is 1. The van der Waals surface area contributed by atoms with Gasteiger partial charge in [-0.3, -0.25) is 4.79 Å². The number of ether oxygens (including phenoxy) is 1. The first-order valence-corrected chi connectivity index (χ1v) is 15.5. The molecule has 2 N–H and O–H groups in total. The first-order valence-electron chi connectivity index (χ1n) is 14.0. The molecule has 0 aliphatic carbocycles. The quantitative estimate of drug-likeness (QED) is 0.223. The number of sulfonamides is 1. The van der Waals surface area contributed by atoms with E-state index in [0.717, 1.165) is 28.7 Å². The van der Waals surface area contributed by atoms with E-state index in [-0.39, 0.29) is 35.9 Å². The SMILES string of the molecule is COC(=O)Cc1ccc(-c2cccc(S(=O)(=O)N(C)C[C@H](O)CNC(C)(C)Cc3ccc4ccccc4c3)c2)cc1C. The van der Waals surface area contributed by atoms with Crippen molar-refractivity contribution in [2.75, 3.05) is 27.2 Å². The fourth-order valence-electron chi connectivity index (χ4n) is 5.09. The summed E-state index contributed by atoms with van der Waals surface area (Å²) in [5.41, 5.74) is 4.25. The zero-order valence-electron chi connectivity index (χ0n) is 24.9. The van der Waals surface area contributed by atoms with Crippen LogP contribution in [-0.4, -0.2) is 62.7 Å². The van der Waals surface area contributed by atoms with Gasteiger partial charge in [-0.2, -0.15) is 4.31 Å². The first kappa shape index (κ1) is 31.4. The number of likely N-dealkylation sites (N-methyl/N-ethyl adjacent to an activating group) is 1. The molecule has 0 saturated heterocycles. The average molecular weight is 589 g/mol. The predicted molar refractivity (Wildman–Crippen MR) is 168 cm³/mol. The monoisotopic (exact) mass is 588 g/mol. The minimum atomic E-state index is -3.84. The number of nitrogens with one attached hydrogen (secondary N) is 1. The van der Waals surface area contributed by atoms with Gasteiger partial charge in [-0.25, -0.2) is 8.42 Å². The highest BCUT2D eigenvalue weighted by Gasteiger charge is 2.25. The highest BCUT2D eigenvalue weighted by molar-refractivity contribution is 7.89. The molecule has 7 nitrogen and oxygen atoms in total. The Kier molecular flexibility index (Phi) is 9.84. The van der Waals surface area contributed by atoms with Crippen molar-refractivity contribution >= 4 is 26.8 Å². The highest BCUT2D eigenvalue weighted by atomic mass is 32.2. The van der Waals surface area contributed by atoms with Crippen LogP contribution >= 0.6 is 0 Å². The van der Waals surface area contributed by atoms with Gasteiger partial charge in [-0.05, 0) is 77.9 Å². The number of aliphatic hydroxyl groups is 1. The highest BCUT2D eigenvalue weighted by Crippen LogP contribution is 2.26. The van der Waals surface area contributed by atoms with Crippen molar-refractivity contribution < 1.29 is 23.1 Å². The van der Waals surface area contributed by atoms with Crippen molar-refractivity contribution in [1.82, 2.24) is 9.62 Å². The molecule has 0 aromatic heterocycles. The summed E-state index contributed by atoms with van der Waals surface area (Å²) in [6, 6.07) is 27.1. The normalized spacial score (nSPS) is 12.9. The molecule has 0 unspecified atom stereocenters. The molecule has 1 atom stereocenters. The minimum Gasteiger partial charge on any atom is -0.469 e. The second-order valence-corrected chi connectivity index (χ2v) is 13.5. The maximum atomic E-state index is 13.4. The Morgan fingerprint density at radius 3 is 2.38 bits per heavy atom. The summed E-state index contributed by atoms with van der Waals surface area (Å²) in [6.07, 6.45) is 0.0442. The Balaban J connectivity index is 1.38. The molecule has 8 heteroatoms. The standard InChI is InChI=1S/C34H40N2O5S/c1-24-17-30(16-15-27(24)20-33(38)41-5)29-11-8-12-32(19-29)42(39,40)36(4)23-31(37)22-35-34(2,3)21-25-13-14-26-9-6-7-10-28(26)18-25/h6-19,31,35,37H,20-23H2,1-5H3/t31-/m1/s1. The summed E-state index contributed by atoms with van der Waals surface area (Å²) in [5, 5.41) is 16.6. The number of fused-ring (bicyclic) bond motifs is 1. The third-order valence-electron chi connectivity index (χ3n) is 7.52. The van der Waals surface area contributed by atoms with E-state index in [9.17, 15) is 18.3 Å². The summed E-state index contributed by atoms with van der Waals surface area (Å²) < 4.78 is 32.8. The molecule has 0 bridgehead atoms. The van der Waals surface area contributed by atoms with E-state index in [1.807, 2.05) is 43.3 Å². The number of aliphatic hydroxyl groups excluding tert-OH is 1. The van der Waals surface area contributed by atoms with Crippen LogP contribution in [0, 0.1) is 6.92 Å². The van der Waals surface area contributed by atoms with Crippen LogP contribution in [0.25, 0.3) is 21.9 Å². The molecule has 0 amide bonds. The van der Waals surface area contributed by atoms with E-state index in [2.05, 4.69) is 49.5 Å². The van der Waals surface area contributed by atoms with Crippen molar-refractivity contribution in [2.45, 2.75) is 50.2 Å². The fourth-order valence-corrected chi connectivity index (χ4v) is 6.35. The molecule has 42 heavy (non-hydrogen) atoms. The van der Waals surface area contributed by atoms with Gasteiger partial charge in [0.05, 0.1) is 24.5 Å². The van der Waals surface area contributed by atoms with Crippen LogP contribution in [0.5, 0.6) is 0 Å². The predicted octanol–water partition coefficient (Wildman–Crippen LogP) is 5.12. The van der Waals surface area contributed by atoms with E-state index in [0.29, 0.717) is 0 Å². The lowest BCUT2D eigenvalue weighted by atomic mass is 9.93. The zero-order chi connectivity index (χ0) is 30.5. The van der Waals surface area contributed by atoms with E-state index < -0.39 is 16.1 Å². The Labute approximate surface area is 249 Å². The third-order valence-corrected chi connectivity index (χ3v) is 9.34. The number of aryl methyl sites for hydroxylation is 1. The number of β-amino-alcohol motifs (C(OH)–C–C–N with tert-alkyl or cyclic N) is 1. The Bertz CT molecular complexity index is 1670. The molecular formula is C34H40N2O5S. The van der Waals surface area contributed by atoms with Crippen molar-refractivity contribution in [1.29, 1.82) is 0 Å². The van der Waals surface area contributed by atoms with Crippen LogP contribution in [0.1, 0.15) is 30.5 Å². The Morgan fingerprint density at radius 2 is 1.67 bits per heavy atom. The van der Waals surface area contributed by atoms with Crippen LogP contribution < -0.4 is 5.32 Å². The molecule has 4 aromatic carbocycles. The van der Waals surface area contributed by atoms with Crippen molar-refractivity contribution in [3.8, 4) is 11.1 Å². The fraction of sp³-hybridized carbons (Fsp3) is 0.324. The van der Waals surface area contributed by atoms with Gasteiger partial charge in [0.1, 0.15) is 0 Å². The Morgan fingerprint density at radius 1 is 0.952 bits per heavy atom. The molecule has 0 radical (unpaired) electrons. The number of carbonyl (C=O) groups is 1. The summed E-state index contributed by atoms with van der Waals surface area (Å²) in [4.78, 5) is 11.8. The Hall–Kier alpha value is -3.56. The molecule has 0 fully saturated rings. The van der Waals surface area contributed by atoms with Crippen molar-refractivity contribution in [3.05, 3.63) is 102 Å². The summed E-state index contributed by atoms with van der Waals surface area (Å²) in [7, 11) is -0.998. The molecule has 0 heterocycles. The van der Waals surface area contributed by atoms with Gasteiger partial charge >= 0.3 is 5.97 Å². The molecule has 4 aromatic rings. The van der Waals surface area contributed by atoms with Crippen LogP contribution in [0.15, 0.2) is 89.8 Å². The first-order chi connectivity index (χ1) is 19.9. The largest absolute Gasteiger partial charge is 0.469 e. The van der Waals surface area contributed by atoms with Crippen LogP contribution in [0.3, 0.4) is 0 Å². The molecule has 0 aliphatic heterocycles. The van der Waals surface area contributed by atoms with Crippen molar-refractivity contribution in [3.63, 3.8) is 0 Å². The maximum Gasteiger partial charge on any atom is 0.309 e. The van der Waals surface area contributed by atoms with Gasteiger partial charge in [-0.1, -0.05) is 72.8 Å². The number of hydrogen-bond acceptors (Lipinski definition) is 6. The lowest BCUT2D eigenvalue weighted by Crippen LogP contribution is -2.47. The van der Waals surface area contributed by atoms with Gasteiger partial charge in [0, 0.05) is 25.7 Å². The topological polar surface area (TPSA) is 95.9 Å². The van der Waals surface area contributed by atoms with E-state index in [1.165, 1.54) is 34.8 Å². The second kappa shape index (κ2) is 13.2. The van der Waals surface area contributed by atoms with Gasteiger partial charge < -0.3 is 15.2 Å². The third kappa shape index (κ3) is 7.83. The lowest BCUT2D eigenvalue weighted by molar-refractivity contribution is -0.139. The number of benzene rings is 4. The van der Waals surface area contributed by atoms with Gasteiger partial charge in [-0.15, -0.1) is 0 Å². The van der Waals surface area contributed by atoms with Crippen molar-refractivity contribution in [2.24, 2.45) is 0 Å². The summed E-state index contributed by atoms with van der Waals surface area (Å²) >= 11 is 0. The second-order valence-electron chi connectivity index (χ2n) is 11.5. The average Bonchev–Trinajstić information content (AvgIpc) is 2.97. The number of methoxy groups -OCH3 is 1. The van der Waals surface area contributed by atoms with Gasteiger partial charge in [0.15, 0.2) is 0 Å². The summed E-state index contributed by atoms with van der Waals surface area (Å²) in [6.45, 7) is 6.26. The van der Waals surface area contributed by atoms with E-state index in [1.54, 1.807) is 18.2 Å². The molecule has 0 saturated carbocycles. The van der Waals surface area contributed by atoms with E-state index >= 15 is 0 Å². The van der Waals surface area contributed by atoms with Gasteiger partial charge in [0.2, 0.25) is 10.0 Å². The lowest BCUT2D eigenvalue weighted by Gasteiger charge is -2.29. The molecular weight excluding hydrogens is 548 g/mol. The smallest absolute Gasteiger partial charge is 0.309 e. The van der Waals surface area contributed by atoms with Gasteiger partial charge in [0.25, 0.3) is 0 Å². The minimum absolute atomic E-state index is 0.0487. The molecule has 4 rings (SSSR count). The van der Waals surface area contributed by atoms with Crippen LogP contribution in [-0.2, 0) is 32.4 Å². The molecule has 0 spiro atoms. The molecule has 222 valence electrons. The molecule has 0 aliphatic rings. The number of rotatable bonds is 12. The van der Waals surface area contributed by atoms with Crippen LogP contribution in [0.4, 0.5) is 0 Å². The number of hydrogen-bond donors (Lipinski definition) is 2. The number of nitrogens with zero attached hydrogens (tertiary/aromatic N) is 1. The maximum absolute atomic E-state index is 13.4. The number of carbonyl (C=O) groups excluding carboxylic acids is 1. The van der Waals surface area contributed by atoms with Crippen LogP contribution in [0.2, 0.25) is 0 Å². The summed E-state index contributed by atoms with van der Waals surface area (Å²) in [5.74, 6) is -0.312.